The van der Waals surface area contributed by atoms with Gasteiger partial charge in [-0.15, -0.1) is 11.3 Å². The summed E-state index contributed by atoms with van der Waals surface area (Å²) in [5, 5.41) is 11.2. The predicted molar refractivity (Wildman–Crippen MR) is 62.0 cm³/mol. The van der Waals surface area contributed by atoms with Gasteiger partial charge in [0, 0.05) is 12.0 Å². The first-order valence-electron chi connectivity index (χ1n) is 4.70. The third-order valence-electron chi connectivity index (χ3n) is 1.69. The molecule has 1 aromatic heterocycles. The molecule has 1 aromatic rings. The standard InChI is InChI=1S/C11H13NO3S/c1-15-8-11(14)12-7-10-5-4-9(16-10)3-2-6-13/h4-5,13H,6-8H2,1H3,(H,12,14). The van der Waals surface area contributed by atoms with Crippen LogP contribution in [0.2, 0.25) is 0 Å². The molecule has 16 heavy (non-hydrogen) atoms. The lowest BCUT2D eigenvalue weighted by atomic mass is 10.4. The SMILES string of the molecule is COCC(=O)NCc1ccc(C#CCO)s1. The Morgan fingerprint density at radius 3 is 3.12 bits per heavy atom. The fourth-order valence-corrected chi connectivity index (χ4v) is 1.86. The van der Waals surface area contributed by atoms with Crippen LogP contribution in [0.5, 0.6) is 0 Å². The van der Waals surface area contributed by atoms with Crippen LogP contribution in [0.1, 0.15) is 9.75 Å². The molecule has 4 nitrogen and oxygen atoms in total. The first kappa shape index (κ1) is 12.7. The molecule has 1 amide bonds. The number of rotatable bonds is 4. The number of thiophene rings is 1. The van der Waals surface area contributed by atoms with Gasteiger partial charge in [-0.3, -0.25) is 4.79 Å². The average molecular weight is 239 g/mol. The molecular weight excluding hydrogens is 226 g/mol. The number of amides is 1. The van der Waals surface area contributed by atoms with Gasteiger partial charge in [0.15, 0.2) is 0 Å². The molecule has 0 fully saturated rings. The van der Waals surface area contributed by atoms with E-state index in [4.69, 9.17) is 9.84 Å². The molecule has 0 bridgehead atoms. The smallest absolute Gasteiger partial charge is 0.246 e. The molecule has 1 heterocycles. The molecule has 86 valence electrons. The van der Waals surface area contributed by atoms with Gasteiger partial charge in [0.05, 0.1) is 11.4 Å². The number of ether oxygens (including phenoxy) is 1. The second kappa shape index (κ2) is 7.01. The molecule has 0 aliphatic heterocycles. The van der Waals surface area contributed by atoms with Crippen LogP contribution >= 0.6 is 11.3 Å². The Balaban J connectivity index is 2.43. The van der Waals surface area contributed by atoms with Gasteiger partial charge in [0.2, 0.25) is 5.91 Å². The van der Waals surface area contributed by atoms with Gasteiger partial charge in [-0.05, 0) is 12.1 Å². The van der Waals surface area contributed by atoms with Crippen molar-refractivity contribution in [1.29, 1.82) is 0 Å². The van der Waals surface area contributed by atoms with Crippen molar-refractivity contribution < 1.29 is 14.6 Å². The zero-order chi connectivity index (χ0) is 11.8. The van der Waals surface area contributed by atoms with Gasteiger partial charge in [-0.25, -0.2) is 0 Å². The number of methoxy groups -OCH3 is 1. The Hall–Kier alpha value is -1.35. The zero-order valence-electron chi connectivity index (χ0n) is 8.95. The summed E-state index contributed by atoms with van der Waals surface area (Å²) in [6.45, 7) is 0.411. The van der Waals surface area contributed by atoms with Gasteiger partial charge in [0.25, 0.3) is 0 Å². The van der Waals surface area contributed by atoms with Crippen LogP contribution in [0.25, 0.3) is 0 Å². The third-order valence-corrected chi connectivity index (χ3v) is 2.69. The van der Waals surface area contributed by atoms with Crippen LogP contribution in [0, 0.1) is 11.8 Å². The normalized spacial score (nSPS) is 9.38. The fourth-order valence-electron chi connectivity index (χ4n) is 1.03. The van der Waals surface area contributed by atoms with E-state index in [0.29, 0.717) is 6.54 Å². The van der Waals surface area contributed by atoms with Gasteiger partial charge in [-0.1, -0.05) is 11.8 Å². The van der Waals surface area contributed by atoms with E-state index < -0.39 is 0 Å². The van der Waals surface area contributed by atoms with Gasteiger partial charge in [-0.2, -0.15) is 0 Å². The van der Waals surface area contributed by atoms with Crippen LogP contribution < -0.4 is 5.32 Å². The highest BCUT2D eigenvalue weighted by Gasteiger charge is 2.01. The Morgan fingerprint density at radius 2 is 2.44 bits per heavy atom. The van der Waals surface area contributed by atoms with Crippen molar-refractivity contribution in [1.82, 2.24) is 5.32 Å². The lowest BCUT2D eigenvalue weighted by Crippen LogP contribution is -2.26. The molecule has 0 aromatic carbocycles. The maximum absolute atomic E-state index is 11.1. The first-order chi connectivity index (χ1) is 7.76. The molecule has 0 saturated heterocycles. The molecule has 0 radical (unpaired) electrons. The first-order valence-corrected chi connectivity index (χ1v) is 5.52. The maximum Gasteiger partial charge on any atom is 0.246 e. The van der Waals surface area contributed by atoms with E-state index in [1.807, 2.05) is 12.1 Å². The van der Waals surface area contributed by atoms with Crippen molar-refractivity contribution >= 4 is 17.2 Å². The monoisotopic (exact) mass is 239 g/mol. The molecule has 0 aliphatic carbocycles. The molecule has 0 aliphatic rings. The van der Waals surface area contributed by atoms with Crippen molar-refractivity contribution in [3.8, 4) is 11.8 Å². The molecule has 0 atom stereocenters. The van der Waals surface area contributed by atoms with Crippen molar-refractivity contribution in [2.24, 2.45) is 0 Å². The van der Waals surface area contributed by atoms with Crippen LogP contribution in [0.3, 0.4) is 0 Å². The van der Waals surface area contributed by atoms with Crippen molar-refractivity contribution in [2.45, 2.75) is 6.54 Å². The maximum atomic E-state index is 11.1. The predicted octanol–water partition coefficient (Wildman–Crippen LogP) is 0.355. The van der Waals surface area contributed by atoms with Crippen LogP contribution in [-0.4, -0.2) is 31.3 Å². The molecule has 5 heteroatoms. The topological polar surface area (TPSA) is 58.6 Å². The van der Waals surface area contributed by atoms with Crippen molar-refractivity contribution in [2.75, 3.05) is 20.3 Å². The van der Waals surface area contributed by atoms with Crippen LogP contribution in [0.4, 0.5) is 0 Å². The highest BCUT2D eigenvalue weighted by Crippen LogP contribution is 2.14. The number of aliphatic hydroxyl groups is 1. The van der Waals surface area contributed by atoms with E-state index in [1.165, 1.54) is 18.4 Å². The zero-order valence-corrected chi connectivity index (χ0v) is 9.76. The number of hydrogen-bond acceptors (Lipinski definition) is 4. The van der Waals surface area contributed by atoms with Gasteiger partial charge < -0.3 is 15.2 Å². The van der Waals surface area contributed by atoms with E-state index in [-0.39, 0.29) is 19.1 Å². The lowest BCUT2D eigenvalue weighted by molar-refractivity contribution is -0.124. The average Bonchev–Trinajstić information content (AvgIpc) is 2.72. The minimum Gasteiger partial charge on any atom is -0.384 e. The number of carbonyl (C=O) groups is 1. The highest BCUT2D eigenvalue weighted by molar-refractivity contribution is 7.12. The number of hydrogen-bond donors (Lipinski definition) is 2. The van der Waals surface area contributed by atoms with Gasteiger partial charge in [0.1, 0.15) is 13.2 Å². The van der Waals surface area contributed by atoms with E-state index in [0.717, 1.165) is 9.75 Å². The molecule has 0 saturated carbocycles. The van der Waals surface area contributed by atoms with Crippen LogP contribution in [0.15, 0.2) is 12.1 Å². The fraction of sp³-hybridized carbons (Fsp3) is 0.364. The summed E-state index contributed by atoms with van der Waals surface area (Å²) in [4.78, 5) is 13.0. The molecule has 0 spiro atoms. The summed E-state index contributed by atoms with van der Waals surface area (Å²) >= 11 is 1.49. The molecule has 2 N–H and O–H groups in total. The quantitative estimate of drug-likeness (QED) is 0.746. The Bertz CT molecular complexity index is 403. The lowest BCUT2D eigenvalue weighted by Gasteiger charge is -2.01. The van der Waals surface area contributed by atoms with Gasteiger partial charge >= 0.3 is 0 Å². The number of aliphatic hydroxyl groups excluding tert-OH is 1. The van der Waals surface area contributed by atoms with E-state index in [1.54, 1.807) is 0 Å². The second-order valence-electron chi connectivity index (χ2n) is 2.94. The Morgan fingerprint density at radius 1 is 1.62 bits per heavy atom. The Kier molecular flexibility index (Phi) is 5.57. The van der Waals surface area contributed by atoms with E-state index >= 15 is 0 Å². The summed E-state index contributed by atoms with van der Waals surface area (Å²) in [6, 6.07) is 3.77. The summed E-state index contributed by atoms with van der Waals surface area (Å²) in [7, 11) is 1.48. The Labute approximate surface area is 98.2 Å². The van der Waals surface area contributed by atoms with Crippen molar-refractivity contribution in [3.05, 3.63) is 21.9 Å². The summed E-state index contributed by atoms with van der Waals surface area (Å²) in [5.74, 6) is 5.24. The largest absolute Gasteiger partial charge is 0.384 e. The molecule has 0 unspecified atom stereocenters. The molecule has 1 rings (SSSR count). The summed E-state index contributed by atoms with van der Waals surface area (Å²) in [6.07, 6.45) is 0. The van der Waals surface area contributed by atoms with Crippen LogP contribution in [-0.2, 0) is 16.1 Å². The molecular formula is C11H13NO3S. The van der Waals surface area contributed by atoms with E-state index in [9.17, 15) is 4.79 Å². The summed E-state index contributed by atoms with van der Waals surface area (Å²) in [5.41, 5.74) is 0. The number of nitrogens with one attached hydrogen (secondary N) is 1. The minimum absolute atomic E-state index is 0.0720. The third kappa shape index (κ3) is 4.45. The second-order valence-corrected chi connectivity index (χ2v) is 4.10. The minimum atomic E-state index is -0.141. The van der Waals surface area contributed by atoms with Crippen molar-refractivity contribution in [3.63, 3.8) is 0 Å². The number of carbonyl (C=O) groups excluding carboxylic acids is 1. The van der Waals surface area contributed by atoms with E-state index in [2.05, 4.69) is 17.2 Å². The summed E-state index contributed by atoms with van der Waals surface area (Å²) < 4.78 is 4.69. The highest BCUT2D eigenvalue weighted by atomic mass is 32.1.